The summed E-state index contributed by atoms with van der Waals surface area (Å²) in [6.07, 6.45) is 4.78. The summed E-state index contributed by atoms with van der Waals surface area (Å²) in [5.41, 5.74) is 9.47. The molecular weight excluding hydrogens is 506 g/mol. The highest BCUT2D eigenvalue weighted by Gasteiger charge is 2.19. The van der Waals surface area contributed by atoms with Crippen LogP contribution in [-0.2, 0) is 22.3 Å². The number of nitriles is 1. The second kappa shape index (κ2) is 10.5. The second-order valence-corrected chi connectivity index (χ2v) is 11.1. The predicted octanol–water partition coefficient (Wildman–Crippen LogP) is 3.42. The minimum atomic E-state index is -4.22. The largest absolute Gasteiger partial charge is 0.451 e. The van der Waals surface area contributed by atoms with Gasteiger partial charge < -0.3 is 20.0 Å². The number of nitrogens with two attached hydrogens (primary N) is 1. The van der Waals surface area contributed by atoms with Gasteiger partial charge in [0.2, 0.25) is 0 Å². The van der Waals surface area contributed by atoms with E-state index in [0.717, 1.165) is 79.5 Å². The van der Waals surface area contributed by atoms with E-state index >= 15 is 0 Å². The molecule has 5 rings (SSSR count). The summed E-state index contributed by atoms with van der Waals surface area (Å²) in [6, 6.07) is 13.0. The topological polar surface area (TPSA) is 157 Å². The summed E-state index contributed by atoms with van der Waals surface area (Å²) in [7, 11) is -4.22. The van der Waals surface area contributed by atoms with Crippen LogP contribution >= 0.6 is 0 Å². The molecule has 38 heavy (non-hydrogen) atoms. The number of nitrogens with one attached hydrogen (secondary N) is 1. The van der Waals surface area contributed by atoms with Gasteiger partial charge in [0.05, 0.1) is 11.6 Å². The predicted molar refractivity (Wildman–Crippen MR) is 145 cm³/mol. The van der Waals surface area contributed by atoms with E-state index in [2.05, 4.69) is 14.8 Å². The maximum atomic E-state index is 11.4. The molecule has 0 atom stereocenters. The number of aromatic amines is 1. The van der Waals surface area contributed by atoms with Gasteiger partial charge >= 0.3 is 0 Å². The van der Waals surface area contributed by atoms with E-state index < -0.39 is 21.8 Å². The molecule has 0 spiro atoms. The molecule has 11 heteroatoms. The number of hydrogen-bond donors (Lipinski definition) is 3. The average molecular weight is 536 g/mol. The Kier molecular flexibility index (Phi) is 7.12. The van der Waals surface area contributed by atoms with Crippen molar-refractivity contribution in [3.05, 3.63) is 65.0 Å². The number of aryl methyl sites for hydroxylation is 1. The van der Waals surface area contributed by atoms with Crippen molar-refractivity contribution in [3.63, 3.8) is 0 Å². The third-order valence-electron chi connectivity index (χ3n) is 7.10. The van der Waals surface area contributed by atoms with Crippen LogP contribution in [0.15, 0.2) is 47.0 Å². The van der Waals surface area contributed by atoms with Crippen LogP contribution in [0.1, 0.15) is 40.1 Å². The summed E-state index contributed by atoms with van der Waals surface area (Å²) in [5, 5.41) is 11.2. The number of furan rings is 1. The fourth-order valence-corrected chi connectivity index (χ4v) is 5.76. The molecule has 0 unspecified atom stereocenters. The van der Waals surface area contributed by atoms with Gasteiger partial charge in [0.15, 0.2) is 5.76 Å². The Labute approximate surface area is 220 Å². The Balaban J connectivity index is 1.12. The lowest BCUT2D eigenvalue weighted by Crippen LogP contribution is -2.46. The van der Waals surface area contributed by atoms with Crippen molar-refractivity contribution in [2.45, 2.75) is 25.0 Å². The van der Waals surface area contributed by atoms with Gasteiger partial charge in [0, 0.05) is 54.4 Å². The number of benzene rings is 2. The third-order valence-corrected chi connectivity index (χ3v) is 7.78. The highest BCUT2D eigenvalue weighted by Crippen LogP contribution is 2.27. The van der Waals surface area contributed by atoms with E-state index in [0.29, 0.717) is 5.58 Å². The first-order valence-electron chi connectivity index (χ1n) is 12.5. The Morgan fingerprint density at radius 3 is 2.61 bits per heavy atom. The number of aromatic nitrogens is 1. The van der Waals surface area contributed by atoms with Crippen molar-refractivity contribution in [1.82, 2.24) is 9.88 Å². The molecule has 0 bridgehead atoms. The summed E-state index contributed by atoms with van der Waals surface area (Å²) in [4.78, 5) is 19.3. The summed E-state index contributed by atoms with van der Waals surface area (Å²) >= 11 is 0. The maximum Gasteiger partial charge on any atom is 0.284 e. The molecular formula is C27H29N5O5S. The number of carbonyl (C=O) groups is 1. The van der Waals surface area contributed by atoms with Crippen molar-refractivity contribution >= 4 is 43.6 Å². The van der Waals surface area contributed by atoms with Gasteiger partial charge in [-0.1, -0.05) is 0 Å². The lowest BCUT2D eigenvalue weighted by Gasteiger charge is -2.36. The Morgan fingerprint density at radius 1 is 1.11 bits per heavy atom. The molecule has 1 saturated heterocycles. The van der Waals surface area contributed by atoms with Gasteiger partial charge in [-0.15, -0.1) is 0 Å². The van der Waals surface area contributed by atoms with Crippen LogP contribution in [0.4, 0.5) is 5.69 Å². The highest BCUT2D eigenvalue weighted by atomic mass is 32.2. The SMILES string of the molecule is N#Cc1cc2c(CCCCN3CCN(c4ccc5oc(C(N)=O)cc5c4)CC3)c[nH]c2cc1CS(=O)(=O)O. The Bertz CT molecular complexity index is 1640. The Morgan fingerprint density at radius 2 is 1.89 bits per heavy atom. The maximum absolute atomic E-state index is 11.4. The zero-order chi connectivity index (χ0) is 26.9. The summed E-state index contributed by atoms with van der Waals surface area (Å²) in [5.74, 6) is -0.985. The number of carbonyl (C=O) groups excluding carboxylic acids is 1. The van der Waals surface area contributed by atoms with Crippen LogP contribution < -0.4 is 10.6 Å². The molecule has 1 fully saturated rings. The molecule has 1 aliphatic heterocycles. The smallest absolute Gasteiger partial charge is 0.284 e. The second-order valence-electron chi connectivity index (χ2n) is 9.69. The monoisotopic (exact) mass is 535 g/mol. The van der Waals surface area contributed by atoms with E-state index in [4.69, 9.17) is 10.2 Å². The normalized spacial score (nSPS) is 14.8. The minimum absolute atomic E-state index is 0.169. The number of unbranched alkanes of at least 4 members (excludes halogenated alkanes) is 1. The number of H-pyrrole nitrogens is 1. The van der Waals surface area contributed by atoms with Crippen LogP contribution in [0.25, 0.3) is 21.9 Å². The first-order valence-corrected chi connectivity index (χ1v) is 14.1. The lowest BCUT2D eigenvalue weighted by atomic mass is 10.0. The average Bonchev–Trinajstić information content (AvgIpc) is 3.49. The van der Waals surface area contributed by atoms with Crippen LogP contribution in [0.2, 0.25) is 0 Å². The molecule has 1 aliphatic rings. The molecule has 0 saturated carbocycles. The molecule has 3 heterocycles. The van der Waals surface area contributed by atoms with Crippen molar-refractivity contribution < 1.29 is 22.2 Å². The zero-order valence-corrected chi connectivity index (χ0v) is 21.6. The molecule has 0 aliphatic carbocycles. The third kappa shape index (κ3) is 5.67. The van der Waals surface area contributed by atoms with Gasteiger partial charge in [0.25, 0.3) is 16.0 Å². The van der Waals surface area contributed by atoms with Gasteiger partial charge in [-0.25, -0.2) is 0 Å². The number of amides is 1. The molecule has 198 valence electrons. The van der Waals surface area contributed by atoms with E-state index in [9.17, 15) is 23.0 Å². The number of nitrogens with zero attached hydrogens (tertiary/aromatic N) is 3. The number of primary amides is 1. The molecule has 10 nitrogen and oxygen atoms in total. The summed E-state index contributed by atoms with van der Waals surface area (Å²) < 4.78 is 37.2. The van der Waals surface area contributed by atoms with Gasteiger partial charge in [-0.3, -0.25) is 14.2 Å². The first kappa shape index (κ1) is 25.8. The first-order chi connectivity index (χ1) is 18.2. The van der Waals surface area contributed by atoms with Gasteiger partial charge in [-0.05, 0) is 73.3 Å². The van der Waals surface area contributed by atoms with Gasteiger partial charge in [0.1, 0.15) is 11.3 Å². The lowest BCUT2D eigenvalue weighted by molar-refractivity contribution is 0.0976. The number of piperazine rings is 1. The van der Waals surface area contributed by atoms with E-state index in [-0.39, 0.29) is 16.9 Å². The highest BCUT2D eigenvalue weighted by molar-refractivity contribution is 7.85. The molecule has 1 amide bonds. The van der Waals surface area contributed by atoms with Crippen LogP contribution in [0.5, 0.6) is 0 Å². The van der Waals surface area contributed by atoms with Crippen molar-refractivity contribution in [1.29, 1.82) is 5.26 Å². The van der Waals surface area contributed by atoms with Crippen LogP contribution in [0, 0.1) is 11.3 Å². The quantitative estimate of drug-likeness (QED) is 0.217. The fraction of sp³-hybridized carbons (Fsp3) is 0.333. The molecule has 4 aromatic rings. The van der Waals surface area contributed by atoms with E-state index in [1.54, 1.807) is 18.2 Å². The molecule has 2 aromatic carbocycles. The minimum Gasteiger partial charge on any atom is -0.451 e. The molecule has 2 aromatic heterocycles. The van der Waals surface area contributed by atoms with Crippen LogP contribution in [-0.4, -0.2) is 61.5 Å². The Hall–Kier alpha value is -3.85. The number of anilines is 1. The molecule has 0 radical (unpaired) electrons. The molecule has 4 N–H and O–H groups in total. The van der Waals surface area contributed by atoms with E-state index in [1.807, 2.05) is 30.5 Å². The standard InChI is InChI=1S/C27H29N5O5S/c28-15-20-12-23-18(16-30-24(23)13-21(20)17-38(34,35)36)3-1-2-6-31-7-9-32(10-8-31)22-4-5-25-19(11-22)14-26(37-25)27(29)33/h4-5,11-14,16,30H,1-3,6-10,17H2,(H2,29,33)(H,34,35,36). The van der Waals surface area contributed by atoms with Crippen LogP contribution in [0.3, 0.4) is 0 Å². The van der Waals surface area contributed by atoms with Crippen molar-refractivity contribution in [2.24, 2.45) is 5.73 Å². The number of hydrogen-bond acceptors (Lipinski definition) is 7. The number of rotatable bonds is 9. The number of fused-ring (bicyclic) bond motifs is 2. The fourth-order valence-electron chi connectivity index (χ4n) is 5.13. The van der Waals surface area contributed by atoms with E-state index in [1.165, 1.54) is 0 Å². The van der Waals surface area contributed by atoms with Crippen molar-refractivity contribution in [2.75, 3.05) is 37.6 Å². The van der Waals surface area contributed by atoms with Gasteiger partial charge in [-0.2, -0.15) is 13.7 Å². The zero-order valence-electron chi connectivity index (χ0n) is 20.8. The van der Waals surface area contributed by atoms with Crippen molar-refractivity contribution in [3.8, 4) is 6.07 Å². The summed E-state index contributed by atoms with van der Waals surface area (Å²) in [6.45, 7) is 4.76.